The summed E-state index contributed by atoms with van der Waals surface area (Å²) in [7, 11) is 0. The number of halogens is 1. The van der Waals surface area contributed by atoms with E-state index in [4.69, 9.17) is 16.3 Å². The van der Waals surface area contributed by atoms with Gasteiger partial charge in [0.2, 0.25) is 0 Å². The van der Waals surface area contributed by atoms with Crippen LogP contribution in [0.15, 0.2) is 54.7 Å². The molecule has 0 saturated carbocycles. The minimum absolute atomic E-state index is 0.110. The number of fused-ring (bicyclic) bond motifs is 1. The second kappa shape index (κ2) is 9.57. The molecule has 1 aliphatic heterocycles. The molecule has 0 spiro atoms. The topological polar surface area (TPSA) is 62.7 Å². The zero-order chi connectivity index (χ0) is 22.7. The van der Waals surface area contributed by atoms with Crippen LogP contribution in [0.5, 0.6) is 0 Å². The Hall–Kier alpha value is -3.12. The summed E-state index contributed by atoms with van der Waals surface area (Å²) in [5, 5.41) is 1.42. The fourth-order valence-electron chi connectivity index (χ4n) is 3.78. The molecule has 1 aliphatic rings. The van der Waals surface area contributed by atoms with Crippen molar-refractivity contribution >= 4 is 40.1 Å². The average Bonchev–Trinajstić information content (AvgIpc) is 2.81. The number of amides is 1. The largest absolute Gasteiger partial charge is 0.449 e. The molecule has 0 N–H and O–H groups in total. The van der Waals surface area contributed by atoms with Crippen molar-refractivity contribution in [3.8, 4) is 0 Å². The van der Waals surface area contributed by atoms with Gasteiger partial charge >= 0.3 is 6.09 Å². The van der Waals surface area contributed by atoms with Gasteiger partial charge in [0.1, 0.15) is 0 Å². The van der Waals surface area contributed by atoms with E-state index in [-0.39, 0.29) is 11.9 Å². The summed E-state index contributed by atoms with van der Waals surface area (Å²) in [6.07, 6.45) is 1.37. The van der Waals surface area contributed by atoms with Crippen LogP contribution in [-0.4, -0.2) is 54.5 Å². The summed E-state index contributed by atoms with van der Waals surface area (Å²) < 4.78 is 5.35. The Labute approximate surface area is 192 Å². The van der Waals surface area contributed by atoms with Gasteiger partial charge in [-0.25, -0.2) is 4.79 Å². The highest BCUT2D eigenvalue weighted by Crippen LogP contribution is 2.27. The third-order valence-electron chi connectivity index (χ3n) is 5.46. The van der Waals surface area contributed by atoms with Crippen molar-refractivity contribution in [2.24, 2.45) is 5.92 Å². The number of nitrogens with zero attached hydrogens (tertiary/aromatic N) is 3. The first-order valence-corrected chi connectivity index (χ1v) is 11.2. The molecule has 1 fully saturated rings. The number of benzene rings is 2. The van der Waals surface area contributed by atoms with Gasteiger partial charge in [-0.2, -0.15) is 0 Å². The second-order valence-corrected chi connectivity index (χ2v) is 8.79. The van der Waals surface area contributed by atoms with Crippen molar-refractivity contribution in [3.63, 3.8) is 0 Å². The predicted molar refractivity (Wildman–Crippen MR) is 127 cm³/mol. The molecule has 2 heterocycles. The fourth-order valence-corrected chi connectivity index (χ4v) is 3.97. The molecule has 3 aromatic rings. The lowest BCUT2D eigenvalue weighted by Gasteiger charge is -2.35. The molecular weight excluding hydrogens is 426 g/mol. The molecule has 0 aliphatic carbocycles. The lowest BCUT2D eigenvalue weighted by atomic mass is 10.0. The predicted octanol–water partition coefficient (Wildman–Crippen LogP) is 5.03. The number of carbonyl (C=O) groups excluding carboxylic acids is 2. The third kappa shape index (κ3) is 4.86. The number of aromatic nitrogens is 1. The first-order valence-electron chi connectivity index (χ1n) is 10.8. The van der Waals surface area contributed by atoms with Crippen LogP contribution < -0.4 is 4.90 Å². The molecule has 4 rings (SSSR count). The lowest BCUT2D eigenvalue weighted by molar-refractivity contribution is 0.0901. The molecule has 0 atom stereocenters. The van der Waals surface area contributed by atoms with E-state index in [1.165, 1.54) is 0 Å². The molecular formula is C25H26ClN3O3. The number of anilines is 1. The second-order valence-electron chi connectivity index (χ2n) is 8.36. The van der Waals surface area contributed by atoms with Gasteiger partial charge in [0, 0.05) is 53.9 Å². The summed E-state index contributed by atoms with van der Waals surface area (Å²) in [4.78, 5) is 33.7. The number of ether oxygens (including phenoxy) is 1. The van der Waals surface area contributed by atoms with Crippen LogP contribution in [0.3, 0.4) is 0 Å². The van der Waals surface area contributed by atoms with Gasteiger partial charge in [0.15, 0.2) is 5.78 Å². The quantitative estimate of drug-likeness (QED) is 0.509. The molecule has 6 nitrogen and oxygen atoms in total. The standard InChI is InChI=1S/C25H26ClN3O3/c1-17(2)16-32-25(31)29-11-9-28(10-12-29)22-8-4-5-18-13-20(15-27-23(18)22)24(30)19-6-3-7-21(26)14-19/h3-8,13-15,17H,9-12,16H2,1-2H3. The van der Waals surface area contributed by atoms with Crippen LogP contribution in [0.25, 0.3) is 10.9 Å². The summed E-state index contributed by atoms with van der Waals surface area (Å²) >= 11 is 6.03. The number of pyridine rings is 1. The highest BCUT2D eigenvalue weighted by molar-refractivity contribution is 6.31. The van der Waals surface area contributed by atoms with E-state index in [0.29, 0.717) is 54.9 Å². The van der Waals surface area contributed by atoms with Crippen LogP contribution in [-0.2, 0) is 4.74 Å². The van der Waals surface area contributed by atoms with Crippen LogP contribution in [0.1, 0.15) is 29.8 Å². The molecule has 166 valence electrons. The molecule has 0 unspecified atom stereocenters. The van der Waals surface area contributed by atoms with Crippen LogP contribution >= 0.6 is 11.6 Å². The van der Waals surface area contributed by atoms with Crippen LogP contribution in [0.2, 0.25) is 5.02 Å². The summed E-state index contributed by atoms with van der Waals surface area (Å²) in [6, 6.07) is 14.7. The van der Waals surface area contributed by atoms with Crippen LogP contribution in [0, 0.1) is 5.92 Å². The number of piperazine rings is 1. The van der Waals surface area contributed by atoms with E-state index in [1.54, 1.807) is 35.4 Å². The first-order chi connectivity index (χ1) is 15.4. The number of hydrogen-bond acceptors (Lipinski definition) is 5. The van der Waals surface area contributed by atoms with Gasteiger partial charge in [-0.1, -0.05) is 49.7 Å². The SMILES string of the molecule is CC(C)COC(=O)N1CCN(c2cccc3cc(C(=O)c4cccc(Cl)c4)cnc23)CC1. The molecule has 32 heavy (non-hydrogen) atoms. The first kappa shape index (κ1) is 22.1. The number of para-hydroxylation sites is 1. The van der Waals surface area contributed by atoms with Gasteiger partial charge < -0.3 is 14.5 Å². The molecule has 7 heteroatoms. The van der Waals surface area contributed by atoms with Gasteiger partial charge in [0.25, 0.3) is 0 Å². The van der Waals surface area contributed by atoms with Gasteiger partial charge in [-0.3, -0.25) is 9.78 Å². The highest BCUT2D eigenvalue weighted by Gasteiger charge is 2.24. The van der Waals surface area contributed by atoms with E-state index in [9.17, 15) is 9.59 Å². The maximum Gasteiger partial charge on any atom is 0.409 e. The minimum atomic E-state index is -0.251. The minimum Gasteiger partial charge on any atom is -0.449 e. The molecule has 1 saturated heterocycles. The summed E-state index contributed by atoms with van der Waals surface area (Å²) in [6.45, 7) is 7.06. The number of rotatable bonds is 5. The Morgan fingerprint density at radius 1 is 1.03 bits per heavy atom. The van der Waals surface area contributed by atoms with E-state index in [1.807, 2.05) is 38.1 Å². The van der Waals surface area contributed by atoms with Crippen molar-refractivity contribution in [1.82, 2.24) is 9.88 Å². The summed E-state index contributed by atoms with van der Waals surface area (Å²) in [5.41, 5.74) is 2.90. The van der Waals surface area contributed by atoms with Gasteiger partial charge in [-0.15, -0.1) is 0 Å². The number of ketones is 1. The van der Waals surface area contributed by atoms with Gasteiger partial charge in [-0.05, 0) is 30.2 Å². The number of hydrogen-bond donors (Lipinski definition) is 0. The van der Waals surface area contributed by atoms with Crippen molar-refractivity contribution in [2.75, 3.05) is 37.7 Å². The Morgan fingerprint density at radius 3 is 2.50 bits per heavy atom. The Bertz CT molecular complexity index is 1140. The van der Waals surface area contributed by atoms with Crippen molar-refractivity contribution in [3.05, 3.63) is 70.9 Å². The zero-order valence-corrected chi connectivity index (χ0v) is 19.0. The normalized spacial score (nSPS) is 14.1. The van der Waals surface area contributed by atoms with Crippen molar-refractivity contribution in [2.45, 2.75) is 13.8 Å². The van der Waals surface area contributed by atoms with E-state index in [0.717, 1.165) is 16.6 Å². The smallest absolute Gasteiger partial charge is 0.409 e. The molecule has 2 aromatic carbocycles. The zero-order valence-electron chi connectivity index (χ0n) is 18.3. The highest BCUT2D eigenvalue weighted by atomic mass is 35.5. The summed E-state index contributed by atoms with van der Waals surface area (Å²) in [5.74, 6) is 0.207. The fraction of sp³-hybridized carbons (Fsp3) is 0.320. The molecule has 1 amide bonds. The van der Waals surface area contributed by atoms with Crippen molar-refractivity contribution in [1.29, 1.82) is 0 Å². The number of carbonyl (C=O) groups is 2. The Balaban J connectivity index is 1.50. The Morgan fingerprint density at radius 2 is 1.78 bits per heavy atom. The lowest BCUT2D eigenvalue weighted by Crippen LogP contribution is -2.49. The van der Waals surface area contributed by atoms with Gasteiger partial charge in [0.05, 0.1) is 17.8 Å². The maximum atomic E-state index is 12.9. The van der Waals surface area contributed by atoms with E-state index >= 15 is 0 Å². The third-order valence-corrected chi connectivity index (χ3v) is 5.69. The van der Waals surface area contributed by atoms with Crippen LogP contribution in [0.4, 0.5) is 10.5 Å². The molecule has 0 radical (unpaired) electrons. The molecule has 1 aromatic heterocycles. The average molecular weight is 452 g/mol. The van der Waals surface area contributed by atoms with E-state index < -0.39 is 0 Å². The van der Waals surface area contributed by atoms with E-state index in [2.05, 4.69) is 9.88 Å². The Kier molecular flexibility index (Phi) is 6.61. The molecule has 0 bridgehead atoms. The monoisotopic (exact) mass is 451 g/mol. The maximum absolute atomic E-state index is 12.9. The van der Waals surface area contributed by atoms with Crippen molar-refractivity contribution < 1.29 is 14.3 Å².